The van der Waals surface area contributed by atoms with E-state index in [0.717, 1.165) is 5.69 Å². The SMILES string of the molecule is Cc1noc2nc(C(C)C)cc(C(=O)N3CCC(O)CC3)c12. The molecule has 2 aromatic rings. The molecule has 22 heavy (non-hydrogen) atoms. The lowest BCUT2D eigenvalue weighted by Gasteiger charge is -2.29. The summed E-state index contributed by atoms with van der Waals surface area (Å²) >= 11 is 0. The van der Waals surface area contributed by atoms with Crippen LogP contribution in [0.3, 0.4) is 0 Å². The molecule has 1 aliphatic heterocycles. The van der Waals surface area contributed by atoms with E-state index in [0.29, 0.717) is 48.3 Å². The van der Waals surface area contributed by atoms with Gasteiger partial charge in [0.2, 0.25) is 0 Å². The van der Waals surface area contributed by atoms with Crippen molar-refractivity contribution in [3.8, 4) is 0 Å². The van der Waals surface area contributed by atoms with Crippen LogP contribution < -0.4 is 0 Å². The Morgan fingerprint density at radius 1 is 1.41 bits per heavy atom. The van der Waals surface area contributed by atoms with Crippen LogP contribution in [0, 0.1) is 6.92 Å². The van der Waals surface area contributed by atoms with Crippen molar-refractivity contribution in [2.75, 3.05) is 13.1 Å². The Morgan fingerprint density at radius 2 is 2.09 bits per heavy atom. The highest BCUT2D eigenvalue weighted by Crippen LogP contribution is 2.27. The summed E-state index contributed by atoms with van der Waals surface area (Å²) in [6.07, 6.45) is 0.948. The number of piperidine rings is 1. The van der Waals surface area contributed by atoms with Crippen LogP contribution >= 0.6 is 0 Å². The number of amides is 1. The first kappa shape index (κ1) is 15.0. The smallest absolute Gasteiger partial charge is 0.259 e. The van der Waals surface area contributed by atoms with Crippen molar-refractivity contribution in [2.45, 2.75) is 45.6 Å². The van der Waals surface area contributed by atoms with Gasteiger partial charge in [0.05, 0.1) is 22.7 Å². The summed E-state index contributed by atoms with van der Waals surface area (Å²) in [4.78, 5) is 19.1. The molecule has 2 aromatic heterocycles. The second kappa shape index (κ2) is 5.68. The van der Waals surface area contributed by atoms with Crippen LogP contribution in [-0.4, -0.2) is 45.2 Å². The molecule has 118 valence electrons. The molecule has 0 atom stereocenters. The molecule has 0 radical (unpaired) electrons. The van der Waals surface area contributed by atoms with Gasteiger partial charge in [0.25, 0.3) is 11.6 Å². The van der Waals surface area contributed by atoms with Crippen LogP contribution in [0.4, 0.5) is 0 Å². The van der Waals surface area contributed by atoms with E-state index in [9.17, 15) is 9.90 Å². The van der Waals surface area contributed by atoms with Crippen molar-refractivity contribution in [3.05, 3.63) is 23.0 Å². The summed E-state index contributed by atoms with van der Waals surface area (Å²) in [6.45, 7) is 7.03. The van der Waals surface area contributed by atoms with E-state index in [1.165, 1.54) is 0 Å². The number of fused-ring (bicyclic) bond motifs is 1. The lowest BCUT2D eigenvalue weighted by molar-refractivity contribution is 0.0548. The van der Waals surface area contributed by atoms with Crippen molar-refractivity contribution in [3.63, 3.8) is 0 Å². The largest absolute Gasteiger partial charge is 0.393 e. The number of hydrogen-bond donors (Lipinski definition) is 1. The molecular weight excluding hydrogens is 282 g/mol. The van der Waals surface area contributed by atoms with Gasteiger partial charge in [-0.3, -0.25) is 4.79 Å². The maximum Gasteiger partial charge on any atom is 0.259 e. The minimum Gasteiger partial charge on any atom is -0.393 e. The van der Waals surface area contributed by atoms with Gasteiger partial charge in [-0.1, -0.05) is 19.0 Å². The lowest BCUT2D eigenvalue weighted by Crippen LogP contribution is -2.40. The minimum absolute atomic E-state index is 0.0347. The van der Waals surface area contributed by atoms with Crippen LogP contribution in [0.5, 0.6) is 0 Å². The van der Waals surface area contributed by atoms with Gasteiger partial charge in [0.1, 0.15) is 0 Å². The Hall–Kier alpha value is -1.95. The van der Waals surface area contributed by atoms with Crippen LogP contribution in [0.2, 0.25) is 0 Å². The maximum atomic E-state index is 12.9. The van der Waals surface area contributed by atoms with Crippen molar-refractivity contribution in [1.82, 2.24) is 15.0 Å². The molecule has 6 heteroatoms. The number of aliphatic hydroxyl groups is 1. The first-order valence-electron chi connectivity index (χ1n) is 7.71. The quantitative estimate of drug-likeness (QED) is 0.920. The fraction of sp³-hybridized carbons (Fsp3) is 0.562. The molecule has 1 saturated heterocycles. The molecule has 1 N–H and O–H groups in total. The summed E-state index contributed by atoms with van der Waals surface area (Å²) in [6, 6.07) is 1.85. The molecular formula is C16H21N3O3. The molecule has 0 aromatic carbocycles. The second-order valence-electron chi connectivity index (χ2n) is 6.22. The molecule has 1 amide bonds. The number of aromatic nitrogens is 2. The molecule has 0 bridgehead atoms. The molecule has 3 heterocycles. The Bertz CT molecular complexity index is 700. The van der Waals surface area contributed by atoms with E-state index in [4.69, 9.17) is 4.52 Å². The van der Waals surface area contributed by atoms with Crippen molar-refractivity contribution >= 4 is 17.0 Å². The third-order valence-electron chi connectivity index (χ3n) is 4.21. The van der Waals surface area contributed by atoms with Crippen LogP contribution in [0.1, 0.15) is 54.4 Å². The third-order valence-corrected chi connectivity index (χ3v) is 4.21. The second-order valence-corrected chi connectivity index (χ2v) is 6.22. The van der Waals surface area contributed by atoms with Crippen molar-refractivity contribution in [1.29, 1.82) is 0 Å². The Balaban J connectivity index is 2.04. The van der Waals surface area contributed by atoms with E-state index < -0.39 is 0 Å². The highest BCUT2D eigenvalue weighted by Gasteiger charge is 2.26. The lowest BCUT2D eigenvalue weighted by atomic mass is 10.0. The molecule has 6 nitrogen and oxygen atoms in total. The summed E-state index contributed by atoms with van der Waals surface area (Å²) < 4.78 is 5.26. The molecule has 1 fully saturated rings. The topological polar surface area (TPSA) is 79.5 Å². The van der Waals surface area contributed by atoms with E-state index >= 15 is 0 Å². The van der Waals surface area contributed by atoms with Crippen molar-refractivity contribution in [2.24, 2.45) is 0 Å². The third kappa shape index (κ3) is 2.59. The monoisotopic (exact) mass is 303 g/mol. The number of likely N-dealkylation sites (tertiary alicyclic amines) is 1. The van der Waals surface area contributed by atoms with E-state index in [2.05, 4.69) is 10.1 Å². The molecule has 0 spiro atoms. The van der Waals surface area contributed by atoms with Gasteiger partial charge >= 0.3 is 0 Å². The number of nitrogens with zero attached hydrogens (tertiary/aromatic N) is 3. The number of carbonyl (C=O) groups excluding carboxylic acids is 1. The standard InChI is InChI=1S/C16H21N3O3/c1-9(2)13-8-12(14-10(3)18-22-15(14)17-13)16(21)19-6-4-11(20)5-7-19/h8-9,11,20H,4-7H2,1-3H3. The van der Waals surface area contributed by atoms with Gasteiger partial charge in [0, 0.05) is 18.8 Å². The van der Waals surface area contributed by atoms with Crippen molar-refractivity contribution < 1.29 is 14.4 Å². The number of pyridine rings is 1. The van der Waals surface area contributed by atoms with E-state index in [1.807, 2.05) is 26.8 Å². The highest BCUT2D eigenvalue weighted by atomic mass is 16.5. The zero-order valence-electron chi connectivity index (χ0n) is 13.2. The van der Waals surface area contributed by atoms with Crippen LogP contribution in [0.15, 0.2) is 10.6 Å². The molecule has 3 rings (SSSR count). The first-order chi connectivity index (χ1) is 10.5. The maximum absolute atomic E-state index is 12.9. The number of hydrogen-bond acceptors (Lipinski definition) is 5. The van der Waals surface area contributed by atoms with Gasteiger partial charge in [-0.05, 0) is 31.7 Å². The van der Waals surface area contributed by atoms with Crippen LogP contribution in [0.25, 0.3) is 11.1 Å². The number of aliphatic hydroxyl groups excluding tert-OH is 1. The van der Waals surface area contributed by atoms with Gasteiger partial charge in [-0.25, -0.2) is 4.98 Å². The Morgan fingerprint density at radius 3 is 2.73 bits per heavy atom. The fourth-order valence-corrected chi connectivity index (χ4v) is 2.82. The number of rotatable bonds is 2. The fourth-order valence-electron chi connectivity index (χ4n) is 2.82. The first-order valence-corrected chi connectivity index (χ1v) is 7.71. The Labute approximate surface area is 129 Å². The van der Waals surface area contributed by atoms with Crippen LogP contribution in [-0.2, 0) is 0 Å². The van der Waals surface area contributed by atoms with Gasteiger partial charge in [-0.2, -0.15) is 0 Å². The average Bonchev–Trinajstić information content (AvgIpc) is 2.88. The van der Waals surface area contributed by atoms with Gasteiger partial charge in [-0.15, -0.1) is 0 Å². The summed E-state index contributed by atoms with van der Waals surface area (Å²) in [5.74, 6) is 0.164. The van der Waals surface area contributed by atoms with E-state index in [1.54, 1.807) is 4.90 Å². The number of carbonyl (C=O) groups is 1. The zero-order valence-corrected chi connectivity index (χ0v) is 13.2. The molecule has 1 aliphatic rings. The number of aryl methyl sites for hydroxylation is 1. The minimum atomic E-state index is -0.301. The average molecular weight is 303 g/mol. The highest BCUT2D eigenvalue weighted by molar-refractivity contribution is 6.06. The summed E-state index contributed by atoms with van der Waals surface area (Å²) in [5, 5.41) is 14.2. The van der Waals surface area contributed by atoms with E-state index in [-0.39, 0.29) is 17.9 Å². The summed E-state index contributed by atoms with van der Waals surface area (Å²) in [5.41, 5.74) is 2.52. The predicted octanol–water partition coefficient (Wildman–Crippen LogP) is 2.25. The molecule has 0 saturated carbocycles. The normalized spacial score (nSPS) is 16.7. The van der Waals surface area contributed by atoms with Gasteiger partial charge < -0.3 is 14.5 Å². The van der Waals surface area contributed by atoms with Gasteiger partial charge in [0.15, 0.2) is 0 Å². The molecule has 0 unspecified atom stereocenters. The summed E-state index contributed by atoms with van der Waals surface area (Å²) in [7, 11) is 0. The molecule has 0 aliphatic carbocycles. The Kier molecular flexibility index (Phi) is 3.87. The zero-order chi connectivity index (χ0) is 15.9. The predicted molar refractivity (Wildman–Crippen MR) is 81.8 cm³/mol.